The van der Waals surface area contributed by atoms with E-state index in [0.29, 0.717) is 12.2 Å². The van der Waals surface area contributed by atoms with Gasteiger partial charge in [0.25, 0.3) is 0 Å². The quantitative estimate of drug-likeness (QED) is 0.670. The Kier molecular flexibility index (Phi) is 2.37. The van der Waals surface area contributed by atoms with Crippen LogP contribution in [-0.4, -0.2) is 44.0 Å². The lowest BCUT2D eigenvalue weighted by Gasteiger charge is -2.37. The highest BCUT2D eigenvalue weighted by molar-refractivity contribution is 5.87. The van der Waals surface area contributed by atoms with Crippen LogP contribution in [0.1, 0.15) is 19.8 Å². The van der Waals surface area contributed by atoms with Gasteiger partial charge in [-0.15, -0.1) is 0 Å². The van der Waals surface area contributed by atoms with Crippen molar-refractivity contribution < 1.29 is 5.11 Å². The molecule has 1 unspecified atom stereocenters. The molecule has 0 amide bonds. The molecule has 3 heterocycles. The van der Waals surface area contributed by atoms with Gasteiger partial charge in [-0.05, 0) is 19.8 Å². The molecule has 0 radical (unpaired) electrons. The SMILES string of the molecule is CC1(O)CCCN(c2nc(N)nc3[nH]ncc23)C1. The van der Waals surface area contributed by atoms with Crippen LogP contribution in [0, 0.1) is 0 Å². The third kappa shape index (κ3) is 1.86. The van der Waals surface area contributed by atoms with Crippen LogP contribution in [0.5, 0.6) is 0 Å². The molecule has 18 heavy (non-hydrogen) atoms. The summed E-state index contributed by atoms with van der Waals surface area (Å²) in [6, 6.07) is 0. The lowest BCUT2D eigenvalue weighted by Crippen LogP contribution is -2.46. The van der Waals surface area contributed by atoms with E-state index in [1.807, 2.05) is 11.8 Å². The maximum Gasteiger partial charge on any atom is 0.224 e. The van der Waals surface area contributed by atoms with Crippen molar-refractivity contribution in [1.82, 2.24) is 20.2 Å². The van der Waals surface area contributed by atoms with Gasteiger partial charge in [0.05, 0.1) is 17.2 Å². The van der Waals surface area contributed by atoms with E-state index in [4.69, 9.17) is 5.73 Å². The van der Waals surface area contributed by atoms with E-state index in [1.54, 1.807) is 6.20 Å². The average Bonchev–Trinajstić information content (AvgIpc) is 2.74. The van der Waals surface area contributed by atoms with Gasteiger partial charge < -0.3 is 15.7 Å². The number of hydrogen-bond donors (Lipinski definition) is 3. The summed E-state index contributed by atoms with van der Waals surface area (Å²) in [5.41, 5.74) is 5.64. The number of β-amino-alcohol motifs (C(OH)–C–C–N with tert-alkyl or cyclic N) is 1. The van der Waals surface area contributed by atoms with Crippen LogP contribution < -0.4 is 10.6 Å². The molecule has 1 aliphatic rings. The van der Waals surface area contributed by atoms with Crippen molar-refractivity contribution in [2.75, 3.05) is 23.7 Å². The molecule has 0 saturated carbocycles. The van der Waals surface area contributed by atoms with Crippen LogP contribution in [-0.2, 0) is 0 Å². The highest BCUT2D eigenvalue weighted by Crippen LogP contribution is 2.29. The minimum atomic E-state index is -0.686. The van der Waals surface area contributed by atoms with Crippen LogP contribution in [0.25, 0.3) is 11.0 Å². The molecule has 4 N–H and O–H groups in total. The summed E-state index contributed by atoms with van der Waals surface area (Å²) in [7, 11) is 0. The number of nitrogens with two attached hydrogens (primary N) is 1. The van der Waals surface area contributed by atoms with Gasteiger partial charge in [-0.2, -0.15) is 15.1 Å². The number of anilines is 2. The highest BCUT2D eigenvalue weighted by Gasteiger charge is 2.30. The van der Waals surface area contributed by atoms with Gasteiger partial charge >= 0.3 is 0 Å². The minimum absolute atomic E-state index is 0.215. The smallest absolute Gasteiger partial charge is 0.224 e. The molecule has 1 fully saturated rings. The second-order valence-electron chi connectivity index (χ2n) is 5.06. The first kappa shape index (κ1) is 11.2. The van der Waals surface area contributed by atoms with Gasteiger partial charge in [0.15, 0.2) is 5.65 Å². The maximum atomic E-state index is 10.2. The number of aromatic amines is 1. The molecule has 1 saturated heterocycles. The second-order valence-corrected chi connectivity index (χ2v) is 5.06. The zero-order valence-electron chi connectivity index (χ0n) is 10.2. The number of H-pyrrole nitrogens is 1. The number of nitrogens with one attached hydrogen (secondary N) is 1. The molecule has 0 spiro atoms. The average molecular weight is 248 g/mol. The van der Waals surface area contributed by atoms with Crippen molar-refractivity contribution in [3.8, 4) is 0 Å². The van der Waals surface area contributed by atoms with E-state index in [2.05, 4.69) is 20.2 Å². The van der Waals surface area contributed by atoms with Crippen molar-refractivity contribution in [2.45, 2.75) is 25.4 Å². The van der Waals surface area contributed by atoms with Crippen molar-refractivity contribution in [3.05, 3.63) is 6.20 Å². The summed E-state index contributed by atoms with van der Waals surface area (Å²) in [4.78, 5) is 10.4. The molecular formula is C11H16N6O. The molecule has 0 bridgehead atoms. The molecule has 2 aromatic heterocycles. The number of hydrogen-bond acceptors (Lipinski definition) is 6. The Morgan fingerprint density at radius 3 is 3.11 bits per heavy atom. The Bertz CT molecular complexity index is 578. The third-order valence-corrected chi connectivity index (χ3v) is 3.28. The Balaban J connectivity index is 2.05. The van der Waals surface area contributed by atoms with E-state index in [9.17, 15) is 5.11 Å². The summed E-state index contributed by atoms with van der Waals surface area (Å²) in [5.74, 6) is 0.957. The predicted molar refractivity (Wildman–Crippen MR) is 68.2 cm³/mol. The molecule has 1 aliphatic heterocycles. The molecule has 0 aromatic carbocycles. The van der Waals surface area contributed by atoms with E-state index in [1.165, 1.54) is 0 Å². The van der Waals surface area contributed by atoms with Crippen LogP contribution in [0.2, 0.25) is 0 Å². The van der Waals surface area contributed by atoms with Gasteiger partial charge in [0.1, 0.15) is 5.82 Å². The second kappa shape index (κ2) is 3.81. The fraction of sp³-hybridized carbons (Fsp3) is 0.545. The molecule has 3 rings (SSSR count). The number of nitrogen functional groups attached to an aromatic ring is 1. The van der Waals surface area contributed by atoms with E-state index in [-0.39, 0.29) is 5.95 Å². The first-order valence-electron chi connectivity index (χ1n) is 5.99. The number of aliphatic hydroxyl groups is 1. The van der Waals surface area contributed by atoms with Crippen molar-refractivity contribution in [2.24, 2.45) is 0 Å². The van der Waals surface area contributed by atoms with Gasteiger partial charge in [-0.3, -0.25) is 5.10 Å². The monoisotopic (exact) mass is 248 g/mol. The summed E-state index contributed by atoms with van der Waals surface area (Å²) >= 11 is 0. The Morgan fingerprint density at radius 1 is 1.50 bits per heavy atom. The van der Waals surface area contributed by atoms with Crippen LogP contribution in [0.4, 0.5) is 11.8 Å². The standard InChI is InChI=1S/C11H16N6O/c1-11(18)3-2-4-17(6-11)9-7-5-13-16-8(7)14-10(12)15-9/h5,18H,2-4,6H2,1H3,(H3,12,13,14,15,16). The van der Waals surface area contributed by atoms with Crippen molar-refractivity contribution in [3.63, 3.8) is 0 Å². The largest absolute Gasteiger partial charge is 0.388 e. The summed E-state index contributed by atoms with van der Waals surface area (Å²) < 4.78 is 0. The number of nitrogens with zero attached hydrogens (tertiary/aromatic N) is 4. The fourth-order valence-electron chi connectivity index (χ4n) is 2.48. The summed E-state index contributed by atoms with van der Waals surface area (Å²) in [6.07, 6.45) is 3.42. The first-order chi connectivity index (χ1) is 8.55. The molecular weight excluding hydrogens is 232 g/mol. The van der Waals surface area contributed by atoms with Gasteiger partial charge in [0.2, 0.25) is 5.95 Å². The lowest BCUT2D eigenvalue weighted by atomic mass is 9.95. The number of rotatable bonds is 1. The van der Waals surface area contributed by atoms with Gasteiger partial charge in [-0.1, -0.05) is 0 Å². The van der Waals surface area contributed by atoms with E-state index in [0.717, 1.165) is 30.6 Å². The van der Waals surface area contributed by atoms with Crippen LogP contribution in [0.15, 0.2) is 6.20 Å². The zero-order valence-corrected chi connectivity index (χ0v) is 10.2. The lowest BCUT2D eigenvalue weighted by molar-refractivity contribution is 0.0448. The number of fused-ring (bicyclic) bond motifs is 1. The van der Waals surface area contributed by atoms with E-state index < -0.39 is 5.60 Å². The summed E-state index contributed by atoms with van der Waals surface area (Å²) in [5, 5.41) is 17.7. The first-order valence-corrected chi connectivity index (χ1v) is 5.99. The number of aromatic nitrogens is 4. The van der Waals surface area contributed by atoms with E-state index >= 15 is 0 Å². The molecule has 7 nitrogen and oxygen atoms in total. The molecule has 96 valence electrons. The molecule has 7 heteroatoms. The van der Waals surface area contributed by atoms with Crippen molar-refractivity contribution in [1.29, 1.82) is 0 Å². The van der Waals surface area contributed by atoms with Gasteiger partial charge in [0, 0.05) is 13.1 Å². The fourth-order valence-corrected chi connectivity index (χ4v) is 2.48. The summed E-state index contributed by atoms with van der Waals surface area (Å²) in [6.45, 7) is 3.24. The van der Waals surface area contributed by atoms with Gasteiger partial charge in [-0.25, -0.2) is 0 Å². The molecule has 1 atom stereocenters. The van der Waals surface area contributed by atoms with Crippen molar-refractivity contribution >= 4 is 22.8 Å². The minimum Gasteiger partial charge on any atom is -0.388 e. The highest BCUT2D eigenvalue weighted by atomic mass is 16.3. The molecule has 0 aliphatic carbocycles. The number of piperidine rings is 1. The Labute approximate surface area is 104 Å². The van der Waals surface area contributed by atoms with Crippen LogP contribution in [0.3, 0.4) is 0 Å². The molecule has 2 aromatic rings. The Hall–Kier alpha value is -1.89. The zero-order chi connectivity index (χ0) is 12.8. The normalized spacial score (nSPS) is 24.7. The predicted octanol–water partition coefficient (Wildman–Crippen LogP) is 0.286. The maximum absolute atomic E-state index is 10.2. The Morgan fingerprint density at radius 2 is 2.33 bits per heavy atom. The third-order valence-electron chi connectivity index (χ3n) is 3.28. The van der Waals surface area contributed by atoms with Crippen LogP contribution >= 0.6 is 0 Å². The topological polar surface area (TPSA) is 104 Å².